The first kappa shape index (κ1) is 10.3. The van der Waals surface area contributed by atoms with E-state index in [-0.39, 0.29) is 17.1 Å². The molecule has 1 unspecified atom stereocenters. The van der Waals surface area contributed by atoms with Gasteiger partial charge in [0, 0.05) is 24.4 Å². The monoisotopic (exact) mass is 237 g/mol. The summed E-state index contributed by atoms with van der Waals surface area (Å²) in [7, 11) is -3.04. The molecule has 0 radical (unpaired) electrons. The number of rotatable bonds is 1. The third-order valence-electron chi connectivity index (χ3n) is 3.91. The molecule has 16 heavy (non-hydrogen) atoms. The minimum atomic E-state index is -3.04. The van der Waals surface area contributed by atoms with E-state index < -0.39 is 9.84 Å². The molecule has 3 nitrogen and oxygen atoms in total. The molecule has 1 N–H and O–H groups in total. The predicted molar refractivity (Wildman–Crippen MR) is 62.2 cm³/mol. The zero-order valence-electron chi connectivity index (χ0n) is 9.23. The van der Waals surface area contributed by atoms with Gasteiger partial charge in [0.25, 0.3) is 0 Å². The molecule has 2 aliphatic heterocycles. The average Bonchev–Trinajstić information content (AvgIpc) is 2.49. The molecule has 1 saturated heterocycles. The molecule has 0 saturated carbocycles. The number of fused-ring (bicyclic) bond motifs is 1. The Balaban J connectivity index is 2.13. The lowest BCUT2D eigenvalue weighted by Crippen LogP contribution is -2.55. The van der Waals surface area contributed by atoms with Gasteiger partial charge in [-0.3, -0.25) is 0 Å². The van der Waals surface area contributed by atoms with Crippen molar-refractivity contribution in [3.8, 4) is 0 Å². The van der Waals surface area contributed by atoms with E-state index in [9.17, 15) is 8.42 Å². The predicted octanol–water partition coefficient (Wildman–Crippen LogP) is 1.17. The van der Waals surface area contributed by atoms with Crippen molar-refractivity contribution < 1.29 is 8.42 Å². The molecule has 4 heteroatoms. The summed E-state index contributed by atoms with van der Waals surface area (Å²) < 4.78 is 24.1. The Bertz CT molecular complexity index is 532. The van der Waals surface area contributed by atoms with Crippen LogP contribution in [-0.2, 0) is 9.84 Å². The Hall–Kier alpha value is -0.870. The van der Waals surface area contributed by atoms with E-state index in [1.165, 1.54) is 0 Å². The fourth-order valence-electron chi connectivity index (χ4n) is 2.79. The van der Waals surface area contributed by atoms with Crippen LogP contribution in [0.25, 0.3) is 0 Å². The largest absolute Gasteiger partial charge is 0.316 e. The molecule has 2 heterocycles. The molecular formula is C12H15NO2S. The van der Waals surface area contributed by atoms with Crippen molar-refractivity contribution in [1.29, 1.82) is 0 Å². The van der Waals surface area contributed by atoms with Gasteiger partial charge < -0.3 is 5.32 Å². The van der Waals surface area contributed by atoms with Gasteiger partial charge in [0.05, 0.1) is 10.6 Å². The van der Waals surface area contributed by atoms with Gasteiger partial charge in [-0.25, -0.2) is 8.42 Å². The van der Waals surface area contributed by atoms with Gasteiger partial charge in [0.1, 0.15) is 0 Å². The highest BCUT2D eigenvalue weighted by atomic mass is 32.2. The van der Waals surface area contributed by atoms with Crippen LogP contribution in [0.15, 0.2) is 29.2 Å². The van der Waals surface area contributed by atoms with Gasteiger partial charge in [0.15, 0.2) is 9.84 Å². The van der Waals surface area contributed by atoms with E-state index in [0.29, 0.717) is 4.90 Å². The van der Waals surface area contributed by atoms with Gasteiger partial charge in [-0.15, -0.1) is 0 Å². The van der Waals surface area contributed by atoms with Crippen molar-refractivity contribution in [3.05, 3.63) is 29.8 Å². The SMILES string of the molecule is CC1(C2CS(=O)(=O)c3ccccc32)CNC1. The Morgan fingerprint density at radius 2 is 2.00 bits per heavy atom. The Kier molecular flexibility index (Phi) is 1.98. The number of nitrogens with one attached hydrogen (secondary N) is 1. The third kappa shape index (κ3) is 1.26. The second-order valence-corrected chi connectivity index (χ2v) is 7.13. The maximum Gasteiger partial charge on any atom is 0.179 e. The van der Waals surface area contributed by atoms with Crippen molar-refractivity contribution in [2.24, 2.45) is 5.41 Å². The minimum absolute atomic E-state index is 0.111. The summed E-state index contributed by atoms with van der Waals surface area (Å²) in [5.74, 6) is 0.444. The molecule has 0 aromatic heterocycles. The highest BCUT2D eigenvalue weighted by Gasteiger charge is 2.47. The van der Waals surface area contributed by atoms with Gasteiger partial charge >= 0.3 is 0 Å². The summed E-state index contributed by atoms with van der Waals surface area (Å²) in [4.78, 5) is 0.549. The summed E-state index contributed by atoms with van der Waals surface area (Å²) in [5.41, 5.74) is 1.13. The zero-order valence-corrected chi connectivity index (χ0v) is 10.0. The molecule has 86 valence electrons. The lowest BCUT2D eigenvalue weighted by molar-refractivity contribution is 0.160. The fourth-order valence-corrected chi connectivity index (χ4v) is 4.85. The third-order valence-corrected chi connectivity index (χ3v) is 5.73. The van der Waals surface area contributed by atoms with Crippen molar-refractivity contribution in [2.75, 3.05) is 18.8 Å². The maximum atomic E-state index is 12.0. The van der Waals surface area contributed by atoms with Crippen LogP contribution in [0.3, 0.4) is 0 Å². The van der Waals surface area contributed by atoms with Crippen LogP contribution in [0.1, 0.15) is 18.4 Å². The van der Waals surface area contributed by atoms with Crippen LogP contribution in [0, 0.1) is 5.41 Å². The molecule has 1 aromatic carbocycles. The average molecular weight is 237 g/mol. The van der Waals surface area contributed by atoms with Crippen LogP contribution in [0.5, 0.6) is 0 Å². The highest BCUT2D eigenvalue weighted by molar-refractivity contribution is 7.91. The summed E-state index contributed by atoms with van der Waals surface area (Å²) in [5, 5.41) is 3.24. The normalized spacial score (nSPS) is 29.4. The van der Waals surface area contributed by atoms with E-state index in [0.717, 1.165) is 18.7 Å². The molecule has 1 fully saturated rings. The van der Waals surface area contributed by atoms with Crippen molar-refractivity contribution >= 4 is 9.84 Å². The molecule has 0 bridgehead atoms. The molecule has 0 amide bonds. The second-order valence-electron chi connectivity index (χ2n) is 5.13. The molecular weight excluding hydrogens is 222 g/mol. The highest BCUT2D eigenvalue weighted by Crippen LogP contribution is 2.47. The van der Waals surface area contributed by atoms with Gasteiger partial charge in [0.2, 0.25) is 0 Å². The Morgan fingerprint density at radius 3 is 2.62 bits per heavy atom. The van der Waals surface area contributed by atoms with Gasteiger partial charge in [-0.05, 0) is 11.6 Å². The molecule has 0 aliphatic carbocycles. The number of hydrogen-bond acceptors (Lipinski definition) is 3. The van der Waals surface area contributed by atoms with Crippen molar-refractivity contribution in [2.45, 2.75) is 17.7 Å². The summed E-state index contributed by atoms with van der Waals surface area (Å²) >= 11 is 0. The van der Waals surface area contributed by atoms with Crippen LogP contribution >= 0.6 is 0 Å². The number of benzene rings is 1. The van der Waals surface area contributed by atoms with Crippen molar-refractivity contribution in [3.63, 3.8) is 0 Å². The van der Waals surface area contributed by atoms with Crippen LogP contribution < -0.4 is 5.32 Å². The quantitative estimate of drug-likeness (QED) is 0.797. The fraction of sp³-hybridized carbons (Fsp3) is 0.500. The molecule has 1 atom stereocenters. The standard InChI is InChI=1S/C12H15NO2S/c1-12(7-13-8-12)10-6-16(14,15)11-5-3-2-4-9(10)11/h2-5,10,13H,6-8H2,1H3. The van der Waals surface area contributed by atoms with Crippen LogP contribution in [-0.4, -0.2) is 27.3 Å². The van der Waals surface area contributed by atoms with E-state index >= 15 is 0 Å². The first-order valence-corrected chi connectivity index (χ1v) is 7.21. The lowest BCUT2D eigenvalue weighted by atomic mass is 9.70. The zero-order chi connectivity index (χ0) is 11.4. The van der Waals surface area contributed by atoms with E-state index in [2.05, 4.69) is 12.2 Å². The molecule has 2 aliphatic rings. The summed E-state index contributed by atoms with van der Waals surface area (Å²) in [6.45, 7) is 4.01. The first-order valence-electron chi connectivity index (χ1n) is 5.55. The summed E-state index contributed by atoms with van der Waals surface area (Å²) in [6, 6.07) is 7.44. The second kappa shape index (κ2) is 3.08. The van der Waals surface area contributed by atoms with Crippen molar-refractivity contribution in [1.82, 2.24) is 5.32 Å². The van der Waals surface area contributed by atoms with E-state index in [4.69, 9.17) is 0 Å². The summed E-state index contributed by atoms with van der Waals surface area (Å²) in [6.07, 6.45) is 0. The Morgan fingerprint density at radius 1 is 1.31 bits per heavy atom. The van der Waals surface area contributed by atoms with Crippen LogP contribution in [0.4, 0.5) is 0 Å². The lowest BCUT2D eigenvalue weighted by Gasteiger charge is -2.44. The maximum absolute atomic E-state index is 12.0. The molecule has 1 aromatic rings. The van der Waals surface area contributed by atoms with Crippen LogP contribution in [0.2, 0.25) is 0 Å². The van der Waals surface area contributed by atoms with Gasteiger partial charge in [-0.1, -0.05) is 25.1 Å². The van der Waals surface area contributed by atoms with E-state index in [1.54, 1.807) is 12.1 Å². The number of hydrogen-bond donors (Lipinski definition) is 1. The minimum Gasteiger partial charge on any atom is -0.316 e. The first-order chi connectivity index (χ1) is 7.53. The topological polar surface area (TPSA) is 46.2 Å². The number of sulfone groups is 1. The van der Waals surface area contributed by atoms with Gasteiger partial charge in [-0.2, -0.15) is 0 Å². The molecule has 0 spiro atoms. The molecule has 3 rings (SSSR count). The Labute approximate surface area is 95.8 Å². The smallest absolute Gasteiger partial charge is 0.179 e. The van der Waals surface area contributed by atoms with E-state index in [1.807, 2.05) is 12.1 Å².